The van der Waals surface area contributed by atoms with E-state index in [4.69, 9.17) is 0 Å². The number of benzene rings is 2. The minimum Gasteiger partial charge on any atom is -0.341 e. The molecule has 1 aromatic heterocycles. The molecule has 10 heteroatoms. The predicted molar refractivity (Wildman–Crippen MR) is 166 cm³/mol. The number of rotatable bonds is 4. The Morgan fingerprint density at radius 3 is 2.22 bits per heavy atom. The van der Waals surface area contributed by atoms with Crippen LogP contribution in [0.25, 0.3) is 0 Å². The van der Waals surface area contributed by atoms with E-state index in [-0.39, 0.29) is 34.6 Å². The van der Waals surface area contributed by atoms with Gasteiger partial charge in [-0.2, -0.15) is 0 Å². The number of carbonyl (C=O) groups excluding carboxylic acids is 3. The van der Waals surface area contributed by atoms with Crippen molar-refractivity contribution in [2.45, 2.75) is 68.2 Å². The van der Waals surface area contributed by atoms with Crippen LogP contribution in [0.3, 0.4) is 0 Å². The summed E-state index contributed by atoms with van der Waals surface area (Å²) in [5.41, 5.74) is 2.53. The van der Waals surface area contributed by atoms with Gasteiger partial charge in [0.25, 0.3) is 0 Å². The lowest BCUT2D eigenvalue weighted by Gasteiger charge is -2.31. The van der Waals surface area contributed by atoms with Gasteiger partial charge < -0.3 is 4.90 Å². The van der Waals surface area contributed by atoms with Crippen LogP contribution in [-0.4, -0.2) is 45.5 Å². The van der Waals surface area contributed by atoms with Crippen molar-refractivity contribution in [3.8, 4) is 0 Å². The van der Waals surface area contributed by atoms with Crippen LogP contribution in [0.15, 0.2) is 62.8 Å². The second-order valence-electron chi connectivity index (χ2n) is 12.0. The van der Waals surface area contributed by atoms with Crippen molar-refractivity contribution in [3.63, 3.8) is 0 Å². The Labute approximate surface area is 256 Å². The van der Waals surface area contributed by atoms with Crippen LogP contribution in [0.1, 0.15) is 62.0 Å². The lowest BCUT2D eigenvalue weighted by molar-refractivity contribution is -0.133. The van der Waals surface area contributed by atoms with Crippen molar-refractivity contribution in [1.29, 1.82) is 0 Å². The zero-order valence-corrected chi connectivity index (χ0v) is 26.5. The van der Waals surface area contributed by atoms with Crippen LogP contribution in [-0.2, 0) is 26.3 Å². The highest BCUT2D eigenvalue weighted by Crippen LogP contribution is 2.54. The number of nitrogens with zero attached hydrogens (tertiary/aromatic N) is 3. The van der Waals surface area contributed by atoms with E-state index in [1.165, 1.54) is 21.2 Å². The van der Waals surface area contributed by atoms with Crippen LogP contribution in [0, 0.1) is 5.92 Å². The number of imide groups is 1. The molecule has 3 atom stereocenters. The maximum Gasteiger partial charge on any atom is 0.308 e. The topological polar surface area (TPSA) is 79.7 Å². The smallest absolute Gasteiger partial charge is 0.308 e. The van der Waals surface area contributed by atoms with Gasteiger partial charge in [0.05, 0.1) is 16.6 Å². The van der Waals surface area contributed by atoms with Gasteiger partial charge in [-0.25, -0.2) is 4.90 Å². The molecule has 6 rings (SSSR count). The van der Waals surface area contributed by atoms with Gasteiger partial charge in [0.2, 0.25) is 17.7 Å². The molecule has 2 saturated heterocycles. The van der Waals surface area contributed by atoms with Crippen molar-refractivity contribution >= 4 is 62.4 Å². The first-order valence-corrected chi connectivity index (χ1v) is 16.5. The van der Waals surface area contributed by atoms with Crippen LogP contribution >= 0.6 is 39.0 Å². The Hall–Kier alpha value is -2.69. The first-order chi connectivity index (χ1) is 19.5. The van der Waals surface area contributed by atoms with Gasteiger partial charge in [-0.1, -0.05) is 84.1 Å². The number of carbonyl (C=O) groups is 3. The second kappa shape index (κ2) is 10.9. The SMILES string of the molecule is CC(C)(C)c1ccc([C@@H]2c3sc(=O)n(CC(=O)N4CCCCC4)c3S[C@H]3C(=O)N(c4ccc(Br)cc4)C(=O)[C@@H]23)cc1. The van der Waals surface area contributed by atoms with Crippen LogP contribution in [0.2, 0.25) is 0 Å². The molecule has 0 bridgehead atoms. The Balaban J connectivity index is 1.44. The summed E-state index contributed by atoms with van der Waals surface area (Å²) < 4.78 is 2.39. The number of thiazole rings is 1. The molecule has 4 heterocycles. The molecule has 3 aromatic rings. The van der Waals surface area contributed by atoms with Gasteiger partial charge in [0.15, 0.2) is 0 Å². The highest BCUT2D eigenvalue weighted by molar-refractivity contribution is 9.10. The van der Waals surface area contributed by atoms with Gasteiger partial charge in [-0.3, -0.25) is 23.7 Å². The van der Waals surface area contributed by atoms with E-state index in [9.17, 15) is 19.2 Å². The summed E-state index contributed by atoms with van der Waals surface area (Å²) in [6, 6.07) is 15.3. The minimum atomic E-state index is -0.698. The van der Waals surface area contributed by atoms with Gasteiger partial charge in [-0.05, 0) is 60.1 Å². The summed E-state index contributed by atoms with van der Waals surface area (Å²) in [7, 11) is 0. The van der Waals surface area contributed by atoms with Crippen LogP contribution in [0.4, 0.5) is 5.69 Å². The second-order valence-corrected chi connectivity index (χ2v) is 15.0. The summed E-state index contributed by atoms with van der Waals surface area (Å²) in [5.74, 6) is -1.75. The molecule has 0 unspecified atom stereocenters. The third-order valence-corrected chi connectivity index (χ3v) is 11.4. The summed E-state index contributed by atoms with van der Waals surface area (Å²) in [6.45, 7) is 7.80. The molecule has 3 aliphatic heterocycles. The summed E-state index contributed by atoms with van der Waals surface area (Å²) in [4.78, 5) is 58.3. The molecule has 214 valence electrons. The maximum absolute atomic E-state index is 14.1. The molecule has 3 amide bonds. The van der Waals surface area contributed by atoms with E-state index < -0.39 is 17.1 Å². The van der Waals surface area contributed by atoms with E-state index >= 15 is 0 Å². The maximum atomic E-state index is 14.1. The first-order valence-electron chi connectivity index (χ1n) is 14.0. The van der Waals surface area contributed by atoms with Crippen LogP contribution in [0.5, 0.6) is 0 Å². The number of fused-ring (bicyclic) bond motifs is 2. The average molecular weight is 655 g/mol. The van der Waals surface area contributed by atoms with E-state index in [2.05, 4.69) is 48.8 Å². The molecule has 0 N–H and O–H groups in total. The highest BCUT2D eigenvalue weighted by atomic mass is 79.9. The fraction of sp³-hybridized carbons (Fsp3) is 0.419. The number of amides is 3. The Bertz CT molecular complexity index is 1570. The van der Waals surface area contributed by atoms with E-state index in [1.807, 2.05) is 29.2 Å². The van der Waals surface area contributed by atoms with Crippen LogP contribution < -0.4 is 9.77 Å². The van der Waals surface area contributed by atoms with E-state index in [0.29, 0.717) is 23.8 Å². The monoisotopic (exact) mass is 653 g/mol. The summed E-state index contributed by atoms with van der Waals surface area (Å²) in [5, 5.41) is -0.0633. The predicted octanol–water partition coefficient (Wildman–Crippen LogP) is 5.78. The normalized spacial score (nSPS) is 22.6. The molecule has 0 aliphatic carbocycles. The highest BCUT2D eigenvalue weighted by Gasteiger charge is 2.56. The van der Waals surface area contributed by atoms with E-state index in [1.54, 1.807) is 12.1 Å². The Kier molecular flexibility index (Phi) is 7.53. The number of anilines is 1. The van der Waals surface area contributed by atoms with Crippen molar-refractivity contribution in [3.05, 3.63) is 78.7 Å². The minimum absolute atomic E-state index is 0.0465. The first kappa shape index (κ1) is 28.4. The number of thioether (sulfide) groups is 1. The number of piperidine rings is 1. The zero-order valence-electron chi connectivity index (χ0n) is 23.3. The van der Waals surface area contributed by atoms with Gasteiger partial charge in [0.1, 0.15) is 11.8 Å². The molecule has 2 aromatic carbocycles. The number of hydrogen-bond donors (Lipinski definition) is 0. The Morgan fingerprint density at radius 2 is 1.59 bits per heavy atom. The molecule has 7 nitrogen and oxygen atoms in total. The van der Waals surface area contributed by atoms with E-state index in [0.717, 1.165) is 51.1 Å². The van der Waals surface area contributed by atoms with Crippen molar-refractivity contribution in [2.24, 2.45) is 5.92 Å². The molecular weight excluding hydrogens is 622 g/mol. The molecule has 0 saturated carbocycles. The Morgan fingerprint density at radius 1 is 0.927 bits per heavy atom. The molecule has 0 radical (unpaired) electrons. The fourth-order valence-electron chi connectivity index (χ4n) is 6.03. The summed E-state index contributed by atoms with van der Waals surface area (Å²) in [6.07, 6.45) is 3.04. The molecular formula is C31H32BrN3O4S2. The zero-order chi connectivity index (χ0) is 29.1. The molecule has 41 heavy (non-hydrogen) atoms. The number of likely N-dealkylation sites (tertiary alicyclic amines) is 1. The fourth-order valence-corrected chi connectivity index (χ4v) is 9.07. The van der Waals surface area contributed by atoms with Crippen molar-refractivity contribution in [2.75, 3.05) is 18.0 Å². The van der Waals surface area contributed by atoms with Gasteiger partial charge in [-0.15, -0.1) is 0 Å². The number of halogens is 1. The largest absolute Gasteiger partial charge is 0.341 e. The third kappa shape index (κ3) is 5.12. The third-order valence-electron chi connectivity index (χ3n) is 8.27. The molecule has 3 aliphatic rings. The lowest BCUT2D eigenvalue weighted by atomic mass is 9.81. The quantitative estimate of drug-likeness (QED) is 0.334. The molecule has 2 fully saturated rings. The van der Waals surface area contributed by atoms with Gasteiger partial charge >= 0.3 is 4.87 Å². The molecule has 0 spiro atoms. The standard InChI is InChI=1S/C31H32BrN3O4S2/c1-31(2,3)19-9-7-18(8-10-19)23-24-25(28(38)35(27(24)37)21-13-11-20(32)12-14-21)40-29-26(23)41-30(39)34(29)17-22(36)33-15-5-4-6-16-33/h7-14,23-25H,4-6,15-17H2,1-3H3/t23-,24-,25+/m0/s1. The lowest BCUT2D eigenvalue weighted by Crippen LogP contribution is -2.39. The number of hydrogen-bond acceptors (Lipinski definition) is 6. The number of aromatic nitrogens is 1. The average Bonchev–Trinajstić information content (AvgIpc) is 3.40. The summed E-state index contributed by atoms with van der Waals surface area (Å²) >= 11 is 5.79. The van der Waals surface area contributed by atoms with Crippen molar-refractivity contribution in [1.82, 2.24) is 9.47 Å². The van der Waals surface area contributed by atoms with Crippen molar-refractivity contribution < 1.29 is 14.4 Å². The van der Waals surface area contributed by atoms with Gasteiger partial charge in [0, 0.05) is 28.4 Å².